The number of amides is 1. The Hall–Kier alpha value is -2.29. The molecule has 2 aromatic carbocycles. The van der Waals surface area contributed by atoms with Gasteiger partial charge in [-0.15, -0.1) is 0 Å². The standard InChI is InChI=1S/C21H20BrN3O3S/c1-27-18-13-17(25-8-10-28-11-9-25)7-2-14(18)12-19-20(26)24-21(29-19)23-16-5-3-15(22)4-6-16/h2-7,12-13H,8-11H2,1H3,(H,23,24,26)/b19-12-. The highest BCUT2D eigenvalue weighted by atomic mass is 79.9. The van der Waals surface area contributed by atoms with Crippen LogP contribution in [-0.2, 0) is 9.53 Å². The van der Waals surface area contributed by atoms with Crippen molar-refractivity contribution in [1.29, 1.82) is 0 Å². The van der Waals surface area contributed by atoms with Crippen LogP contribution in [0.15, 0.2) is 56.8 Å². The number of carbonyl (C=O) groups excluding carboxylic acids is 1. The number of hydrogen-bond acceptors (Lipinski definition) is 6. The molecule has 4 rings (SSSR count). The predicted octanol–water partition coefficient (Wildman–Crippen LogP) is 4.19. The third kappa shape index (κ3) is 4.83. The smallest absolute Gasteiger partial charge is 0.264 e. The van der Waals surface area contributed by atoms with Crippen molar-refractivity contribution in [3.8, 4) is 5.75 Å². The molecule has 150 valence electrons. The van der Waals surface area contributed by atoms with Gasteiger partial charge in [-0.1, -0.05) is 15.9 Å². The number of anilines is 1. The van der Waals surface area contributed by atoms with Gasteiger partial charge in [-0.3, -0.25) is 4.79 Å². The zero-order chi connectivity index (χ0) is 20.2. The second-order valence-electron chi connectivity index (χ2n) is 6.48. The van der Waals surface area contributed by atoms with Crippen molar-refractivity contribution in [2.75, 3.05) is 38.3 Å². The fourth-order valence-corrected chi connectivity index (χ4v) is 4.19. The number of benzene rings is 2. The van der Waals surface area contributed by atoms with Crippen molar-refractivity contribution < 1.29 is 14.3 Å². The Balaban J connectivity index is 1.55. The predicted molar refractivity (Wildman–Crippen MR) is 121 cm³/mol. The minimum absolute atomic E-state index is 0.162. The average Bonchev–Trinajstić information content (AvgIpc) is 3.09. The van der Waals surface area contributed by atoms with Crippen LogP contribution in [0.2, 0.25) is 0 Å². The molecule has 6 nitrogen and oxygen atoms in total. The van der Waals surface area contributed by atoms with Gasteiger partial charge in [0.25, 0.3) is 5.91 Å². The highest BCUT2D eigenvalue weighted by Crippen LogP contribution is 2.33. The molecule has 1 amide bonds. The molecule has 0 bridgehead atoms. The van der Waals surface area contributed by atoms with Gasteiger partial charge in [0.1, 0.15) is 5.75 Å². The minimum Gasteiger partial charge on any atom is -0.496 e. The number of thioether (sulfide) groups is 1. The van der Waals surface area contributed by atoms with Crippen LogP contribution in [0.1, 0.15) is 5.56 Å². The fourth-order valence-electron chi connectivity index (χ4n) is 3.09. The summed E-state index contributed by atoms with van der Waals surface area (Å²) in [5.41, 5.74) is 2.73. The molecule has 0 spiro atoms. The quantitative estimate of drug-likeness (QED) is 0.674. The van der Waals surface area contributed by atoms with Crippen LogP contribution in [-0.4, -0.2) is 44.5 Å². The van der Waals surface area contributed by atoms with Crippen LogP contribution in [0.5, 0.6) is 5.75 Å². The molecule has 0 unspecified atom stereocenters. The lowest BCUT2D eigenvalue weighted by Gasteiger charge is -2.29. The number of aliphatic imine (C=N–C) groups is 1. The molecule has 2 heterocycles. The number of halogens is 1. The van der Waals surface area contributed by atoms with Gasteiger partial charge in [-0.05, 0) is 54.2 Å². The van der Waals surface area contributed by atoms with E-state index in [4.69, 9.17) is 9.47 Å². The molecule has 2 aliphatic rings. The molecule has 8 heteroatoms. The van der Waals surface area contributed by atoms with Gasteiger partial charge in [0.2, 0.25) is 0 Å². The third-order valence-corrected chi connectivity index (χ3v) is 6.03. The Morgan fingerprint density at radius 1 is 1.21 bits per heavy atom. The van der Waals surface area contributed by atoms with Crippen molar-refractivity contribution in [3.63, 3.8) is 0 Å². The number of nitrogens with one attached hydrogen (secondary N) is 1. The fraction of sp³-hybridized carbons (Fsp3) is 0.238. The van der Waals surface area contributed by atoms with E-state index in [-0.39, 0.29) is 5.91 Å². The summed E-state index contributed by atoms with van der Waals surface area (Å²) < 4.78 is 12.0. The molecule has 2 fully saturated rings. The van der Waals surface area contributed by atoms with E-state index >= 15 is 0 Å². The summed E-state index contributed by atoms with van der Waals surface area (Å²) in [4.78, 5) is 19.7. The van der Waals surface area contributed by atoms with Gasteiger partial charge in [-0.2, -0.15) is 0 Å². The number of morpholine rings is 1. The Bertz CT molecular complexity index is 970. The van der Waals surface area contributed by atoms with Crippen molar-refractivity contribution in [1.82, 2.24) is 5.32 Å². The van der Waals surface area contributed by atoms with Gasteiger partial charge < -0.3 is 19.7 Å². The van der Waals surface area contributed by atoms with Crippen LogP contribution in [0, 0.1) is 0 Å². The molecular formula is C21H20BrN3O3S. The average molecular weight is 474 g/mol. The van der Waals surface area contributed by atoms with E-state index in [0.717, 1.165) is 53.5 Å². The van der Waals surface area contributed by atoms with Crippen molar-refractivity contribution in [2.45, 2.75) is 0 Å². The monoisotopic (exact) mass is 473 g/mol. The van der Waals surface area contributed by atoms with Crippen LogP contribution in [0.25, 0.3) is 6.08 Å². The molecule has 1 N–H and O–H groups in total. The first-order valence-electron chi connectivity index (χ1n) is 9.18. The summed E-state index contributed by atoms with van der Waals surface area (Å²) in [6, 6.07) is 13.6. The number of hydrogen-bond donors (Lipinski definition) is 1. The van der Waals surface area contributed by atoms with Crippen molar-refractivity contribution in [3.05, 3.63) is 57.4 Å². The lowest BCUT2D eigenvalue weighted by molar-refractivity contribution is -0.115. The lowest BCUT2D eigenvalue weighted by atomic mass is 10.1. The Kier molecular flexibility index (Phi) is 6.22. The van der Waals surface area contributed by atoms with Gasteiger partial charge >= 0.3 is 0 Å². The zero-order valence-electron chi connectivity index (χ0n) is 15.9. The van der Waals surface area contributed by atoms with Gasteiger partial charge in [0.05, 0.1) is 30.9 Å². The second-order valence-corrected chi connectivity index (χ2v) is 8.43. The topological polar surface area (TPSA) is 63.2 Å². The first-order chi connectivity index (χ1) is 14.1. The molecule has 2 aliphatic heterocycles. The number of amidine groups is 1. The van der Waals surface area contributed by atoms with Crippen molar-refractivity contribution in [2.24, 2.45) is 4.99 Å². The van der Waals surface area contributed by atoms with E-state index in [2.05, 4.69) is 37.2 Å². The maximum atomic E-state index is 12.4. The normalized spacial score (nSPS) is 19.7. The Morgan fingerprint density at radius 2 is 1.97 bits per heavy atom. The second kappa shape index (κ2) is 9.02. The maximum Gasteiger partial charge on any atom is 0.264 e. The van der Waals surface area contributed by atoms with Gasteiger partial charge in [-0.25, -0.2) is 4.99 Å². The van der Waals surface area contributed by atoms with E-state index < -0.39 is 0 Å². The van der Waals surface area contributed by atoms with Crippen LogP contribution in [0.4, 0.5) is 11.4 Å². The number of ether oxygens (including phenoxy) is 2. The third-order valence-electron chi connectivity index (χ3n) is 4.59. The first kappa shape index (κ1) is 20.0. The van der Waals surface area contributed by atoms with Crippen LogP contribution < -0.4 is 15.0 Å². The number of nitrogens with zero attached hydrogens (tertiary/aromatic N) is 2. The van der Waals surface area contributed by atoms with Crippen LogP contribution >= 0.6 is 27.7 Å². The number of carbonyl (C=O) groups is 1. The van der Waals surface area contributed by atoms with Crippen molar-refractivity contribution >= 4 is 56.2 Å². The Labute approximate surface area is 182 Å². The largest absolute Gasteiger partial charge is 0.496 e. The Morgan fingerprint density at radius 3 is 2.69 bits per heavy atom. The van der Waals surface area contributed by atoms with Gasteiger partial charge in [0.15, 0.2) is 5.17 Å². The van der Waals surface area contributed by atoms with E-state index in [1.54, 1.807) is 7.11 Å². The number of methoxy groups -OCH3 is 1. The molecule has 29 heavy (non-hydrogen) atoms. The summed E-state index contributed by atoms with van der Waals surface area (Å²) in [5, 5.41) is 3.38. The summed E-state index contributed by atoms with van der Waals surface area (Å²) >= 11 is 4.72. The SMILES string of the molecule is COc1cc(N2CCOCC2)ccc1/C=C1\SC(=Nc2ccc(Br)cc2)NC1=O. The summed E-state index contributed by atoms with van der Waals surface area (Å²) in [6.45, 7) is 3.17. The first-order valence-corrected chi connectivity index (χ1v) is 10.8. The molecular weight excluding hydrogens is 454 g/mol. The molecule has 0 aromatic heterocycles. The highest BCUT2D eigenvalue weighted by Gasteiger charge is 2.24. The van der Waals surface area contributed by atoms with E-state index in [0.29, 0.717) is 10.1 Å². The molecule has 0 aliphatic carbocycles. The molecule has 0 saturated carbocycles. The molecule has 0 atom stereocenters. The van der Waals surface area contributed by atoms with Gasteiger partial charge in [0, 0.05) is 34.9 Å². The van der Waals surface area contributed by atoms with E-state index in [9.17, 15) is 4.79 Å². The number of rotatable bonds is 4. The van der Waals surface area contributed by atoms with E-state index in [1.807, 2.05) is 42.5 Å². The maximum absolute atomic E-state index is 12.4. The summed E-state index contributed by atoms with van der Waals surface area (Å²) in [6.07, 6.45) is 1.84. The molecule has 2 aromatic rings. The molecule has 2 saturated heterocycles. The summed E-state index contributed by atoms with van der Waals surface area (Å²) in [5.74, 6) is 0.568. The molecule has 0 radical (unpaired) electrons. The summed E-state index contributed by atoms with van der Waals surface area (Å²) in [7, 11) is 1.64. The van der Waals surface area contributed by atoms with Crippen LogP contribution in [0.3, 0.4) is 0 Å². The van der Waals surface area contributed by atoms with E-state index in [1.165, 1.54) is 11.8 Å². The minimum atomic E-state index is -0.162. The zero-order valence-corrected chi connectivity index (χ0v) is 18.3. The lowest BCUT2D eigenvalue weighted by Crippen LogP contribution is -2.36. The highest BCUT2D eigenvalue weighted by molar-refractivity contribution is 9.10.